The van der Waals surface area contributed by atoms with Gasteiger partial charge in [-0.1, -0.05) is 12.1 Å². The van der Waals surface area contributed by atoms with E-state index in [1.807, 2.05) is 12.1 Å². The van der Waals surface area contributed by atoms with Crippen molar-refractivity contribution in [2.75, 3.05) is 6.61 Å². The Hall–Kier alpha value is -1.55. The van der Waals surface area contributed by atoms with E-state index >= 15 is 0 Å². The molecule has 1 aliphatic rings. The lowest BCUT2D eigenvalue weighted by Gasteiger charge is -2.11. The minimum atomic E-state index is -0.794. The van der Waals surface area contributed by atoms with Crippen LogP contribution < -0.4 is 10.5 Å². The molecule has 17 heavy (non-hydrogen) atoms. The Morgan fingerprint density at radius 3 is 3.12 bits per heavy atom. The van der Waals surface area contributed by atoms with Crippen LogP contribution in [0.5, 0.6) is 5.75 Å². The Bertz CT molecular complexity index is 417. The molecule has 1 heterocycles. The molecule has 1 aliphatic heterocycles. The number of ether oxygens (including phenoxy) is 1. The molecular formula is C13H17NO3. The third-order valence-corrected chi connectivity index (χ3v) is 2.99. The van der Waals surface area contributed by atoms with Crippen LogP contribution in [0.4, 0.5) is 0 Å². The summed E-state index contributed by atoms with van der Waals surface area (Å²) >= 11 is 0. The van der Waals surface area contributed by atoms with E-state index in [1.54, 1.807) is 0 Å². The van der Waals surface area contributed by atoms with Gasteiger partial charge >= 0.3 is 5.97 Å². The van der Waals surface area contributed by atoms with Crippen molar-refractivity contribution < 1.29 is 14.6 Å². The standard InChI is InChI=1S/C13H17NO3/c14-11(3-4-13(15)16)7-9-1-2-10-5-6-17-12(10)8-9/h1-2,8,11H,3-7,14H2,(H,15,16). The van der Waals surface area contributed by atoms with Gasteiger partial charge in [-0.15, -0.1) is 0 Å². The molecule has 4 heteroatoms. The first-order valence-corrected chi connectivity index (χ1v) is 5.87. The highest BCUT2D eigenvalue weighted by Gasteiger charge is 2.13. The zero-order valence-corrected chi connectivity index (χ0v) is 9.69. The lowest BCUT2D eigenvalue weighted by Crippen LogP contribution is -2.23. The van der Waals surface area contributed by atoms with Crippen molar-refractivity contribution in [3.63, 3.8) is 0 Å². The molecule has 4 nitrogen and oxygen atoms in total. The summed E-state index contributed by atoms with van der Waals surface area (Å²) in [7, 11) is 0. The Kier molecular flexibility index (Phi) is 3.64. The van der Waals surface area contributed by atoms with E-state index < -0.39 is 5.97 Å². The van der Waals surface area contributed by atoms with E-state index in [1.165, 1.54) is 5.56 Å². The van der Waals surface area contributed by atoms with Gasteiger partial charge in [0.05, 0.1) is 6.61 Å². The second-order valence-electron chi connectivity index (χ2n) is 4.44. The average Bonchev–Trinajstić information content (AvgIpc) is 2.73. The van der Waals surface area contributed by atoms with E-state index in [-0.39, 0.29) is 12.5 Å². The molecule has 0 radical (unpaired) electrons. The third kappa shape index (κ3) is 3.20. The average molecular weight is 235 g/mol. The molecule has 3 N–H and O–H groups in total. The molecule has 92 valence electrons. The predicted molar refractivity (Wildman–Crippen MR) is 64.2 cm³/mol. The van der Waals surface area contributed by atoms with Crippen molar-refractivity contribution in [2.45, 2.75) is 31.7 Å². The van der Waals surface area contributed by atoms with Gasteiger partial charge in [-0.2, -0.15) is 0 Å². The van der Waals surface area contributed by atoms with Gasteiger partial charge < -0.3 is 15.6 Å². The molecular weight excluding hydrogens is 218 g/mol. The minimum Gasteiger partial charge on any atom is -0.493 e. The van der Waals surface area contributed by atoms with Crippen LogP contribution in [0.25, 0.3) is 0 Å². The number of fused-ring (bicyclic) bond motifs is 1. The first-order valence-electron chi connectivity index (χ1n) is 5.87. The van der Waals surface area contributed by atoms with Crippen molar-refractivity contribution in [1.82, 2.24) is 0 Å². The van der Waals surface area contributed by atoms with Gasteiger partial charge in [0, 0.05) is 18.9 Å². The van der Waals surface area contributed by atoms with Gasteiger partial charge in [0.2, 0.25) is 0 Å². The molecule has 0 spiro atoms. The van der Waals surface area contributed by atoms with E-state index in [0.717, 1.165) is 24.3 Å². The normalized spacial score (nSPS) is 15.1. The second kappa shape index (κ2) is 5.19. The number of carboxylic acids is 1. The first kappa shape index (κ1) is 11.9. The second-order valence-corrected chi connectivity index (χ2v) is 4.44. The van der Waals surface area contributed by atoms with Crippen LogP contribution in [0.3, 0.4) is 0 Å². The van der Waals surface area contributed by atoms with E-state index in [0.29, 0.717) is 12.8 Å². The predicted octanol–water partition coefficient (Wildman–Crippen LogP) is 1.36. The highest BCUT2D eigenvalue weighted by atomic mass is 16.5. The van der Waals surface area contributed by atoms with Gasteiger partial charge in [-0.3, -0.25) is 4.79 Å². The number of hydrogen-bond donors (Lipinski definition) is 2. The quantitative estimate of drug-likeness (QED) is 0.808. The van der Waals surface area contributed by atoms with Crippen molar-refractivity contribution >= 4 is 5.97 Å². The molecule has 0 aromatic heterocycles. The Morgan fingerprint density at radius 1 is 1.53 bits per heavy atom. The van der Waals surface area contributed by atoms with E-state index in [2.05, 4.69) is 6.07 Å². The fraction of sp³-hybridized carbons (Fsp3) is 0.462. The van der Waals surface area contributed by atoms with Crippen LogP contribution in [0.2, 0.25) is 0 Å². The highest BCUT2D eigenvalue weighted by Crippen LogP contribution is 2.26. The Morgan fingerprint density at radius 2 is 2.35 bits per heavy atom. The lowest BCUT2D eigenvalue weighted by molar-refractivity contribution is -0.137. The smallest absolute Gasteiger partial charge is 0.303 e. The summed E-state index contributed by atoms with van der Waals surface area (Å²) in [4.78, 5) is 10.4. The zero-order valence-electron chi connectivity index (χ0n) is 9.69. The summed E-state index contributed by atoms with van der Waals surface area (Å²) in [5.41, 5.74) is 8.25. The van der Waals surface area contributed by atoms with Crippen LogP contribution in [0.15, 0.2) is 18.2 Å². The Balaban J connectivity index is 1.92. The summed E-state index contributed by atoms with van der Waals surface area (Å²) in [6.07, 6.45) is 2.31. The molecule has 1 atom stereocenters. The number of nitrogens with two attached hydrogens (primary N) is 1. The summed E-state index contributed by atoms with van der Waals surface area (Å²) in [5, 5.41) is 8.58. The van der Waals surface area contributed by atoms with Crippen LogP contribution in [-0.4, -0.2) is 23.7 Å². The van der Waals surface area contributed by atoms with Crippen LogP contribution in [0.1, 0.15) is 24.0 Å². The number of hydrogen-bond acceptors (Lipinski definition) is 3. The van der Waals surface area contributed by atoms with Gasteiger partial charge in [0.25, 0.3) is 0 Å². The number of rotatable bonds is 5. The van der Waals surface area contributed by atoms with E-state index in [4.69, 9.17) is 15.6 Å². The van der Waals surface area contributed by atoms with Gasteiger partial charge in [-0.05, 0) is 30.0 Å². The maximum Gasteiger partial charge on any atom is 0.303 e. The monoisotopic (exact) mass is 235 g/mol. The third-order valence-electron chi connectivity index (χ3n) is 2.99. The fourth-order valence-corrected chi connectivity index (χ4v) is 2.05. The van der Waals surface area contributed by atoms with Gasteiger partial charge in [0.15, 0.2) is 0 Å². The minimum absolute atomic E-state index is 0.106. The van der Waals surface area contributed by atoms with Crippen molar-refractivity contribution in [3.8, 4) is 5.75 Å². The molecule has 1 aromatic rings. The SMILES string of the molecule is NC(CCC(=O)O)Cc1ccc2c(c1)OCC2. The maximum absolute atomic E-state index is 10.4. The molecule has 0 saturated heterocycles. The maximum atomic E-state index is 10.4. The molecule has 0 saturated carbocycles. The molecule has 0 aliphatic carbocycles. The van der Waals surface area contributed by atoms with Gasteiger partial charge in [-0.25, -0.2) is 0 Å². The summed E-state index contributed by atoms with van der Waals surface area (Å²) in [5.74, 6) is 0.158. The van der Waals surface area contributed by atoms with Crippen molar-refractivity contribution in [1.29, 1.82) is 0 Å². The van der Waals surface area contributed by atoms with Crippen molar-refractivity contribution in [3.05, 3.63) is 29.3 Å². The number of carbonyl (C=O) groups is 1. The van der Waals surface area contributed by atoms with Crippen LogP contribution >= 0.6 is 0 Å². The van der Waals surface area contributed by atoms with Gasteiger partial charge in [0.1, 0.15) is 5.75 Å². The molecule has 0 amide bonds. The molecule has 1 aromatic carbocycles. The lowest BCUT2D eigenvalue weighted by atomic mass is 10.0. The molecule has 0 bridgehead atoms. The molecule has 1 unspecified atom stereocenters. The number of carboxylic acid groups (broad SMARTS) is 1. The number of aliphatic carboxylic acids is 1. The molecule has 2 rings (SSSR count). The first-order chi connectivity index (χ1) is 8.15. The Labute approximate surface area is 100 Å². The number of benzene rings is 1. The fourth-order valence-electron chi connectivity index (χ4n) is 2.05. The largest absolute Gasteiger partial charge is 0.493 e. The van der Waals surface area contributed by atoms with Crippen LogP contribution in [0, 0.1) is 0 Å². The van der Waals surface area contributed by atoms with E-state index in [9.17, 15) is 4.79 Å². The summed E-state index contributed by atoms with van der Waals surface area (Å²) in [6, 6.07) is 6.03. The zero-order chi connectivity index (χ0) is 12.3. The topological polar surface area (TPSA) is 72.6 Å². The molecule has 0 fully saturated rings. The summed E-state index contributed by atoms with van der Waals surface area (Å²) < 4.78 is 5.48. The van der Waals surface area contributed by atoms with Crippen molar-refractivity contribution in [2.24, 2.45) is 5.73 Å². The summed E-state index contributed by atoms with van der Waals surface area (Å²) in [6.45, 7) is 0.754. The van der Waals surface area contributed by atoms with Crippen LogP contribution in [-0.2, 0) is 17.6 Å². The highest BCUT2D eigenvalue weighted by molar-refractivity contribution is 5.66.